The molecule has 5 nitrogen and oxygen atoms in total. The lowest BCUT2D eigenvalue weighted by Crippen LogP contribution is -2.20. The molecule has 166 valence electrons. The van der Waals surface area contributed by atoms with E-state index in [-0.39, 0.29) is 19.0 Å². The van der Waals surface area contributed by atoms with Crippen molar-refractivity contribution in [3.05, 3.63) is 12.2 Å². The average molecular weight is 436 g/mol. The van der Waals surface area contributed by atoms with E-state index in [1.165, 1.54) is 77.0 Å². The predicted octanol–water partition coefficient (Wildman–Crippen LogP) is 5.36. The first-order valence-corrected chi connectivity index (χ1v) is 13.7. The third-order valence-electron chi connectivity index (χ3n) is 4.94. The third kappa shape index (κ3) is 16.0. The molecule has 0 amide bonds. The Balaban J connectivity index is 1.83. The first-order chi connectivity index (χ1) is 13.5. The molecule has 7 heteroatoms. The highest BCUT2D eigenvalue weighted by atomic mass is 32.5. The van der Waals surface area contributed by atoms with Crippen LogP contribution < -0.4 is 4.89 Å². The van der Waals surface area contributed by atoms with Gasteiger partial charge in [0, 0.05) is 0 Å². The Labute approximate surface area is 177 Å². The van der Waals surface area contributed by atoms with Gasteiger partial charge in [-0.15, -0.1) is 0 Å². The second-order valence-electron chi connectivity index (χ2n) is 7.66. The van der Waals surface area contributed by atoms with Gasteiger partial charge in [-0.3, -0.25) is 0 Å². The topological polar surface area (TPSA) is 71.0 Å². The van der Waals surface area contributed by atoms with Crippen LogP contribution in [0.5, 0.6) is 0 Å². The molecule has 0 bridgehead atoms. The van der Waals surface area contributed by atoms with Gasteiger partial charge in [-0.05, 0) is 38.5 Å². The van der Waals surface area contributed by atoms with Gasteiger partial charge in [0.25, 0.3) is 0 Å². The summed E-state index contributed by atoms with van der Waals surface area (Å²) in [7, 11) is 0. The molecule has 0 aromatic rings. The summed E-state index contributed by atoms with van der Waals surface area (Å²) in [6.45, 7) is -1.18. The summed E-state index contributed by atoms with van der Waals surface area (Å²) in [4.78, 5) is 19.9. The van der Waals surface area contributed by atoms with Crippen LogP contribution in [-0.2, 0) is 25.8 Å². The minimum absolute atomic E-state index is 0.0150. The highest BCUT2D eigenvalue weighted by Crippen LogP contribution is 2.32. The summed E-state index contributed by atoms with van der Waals surface area (Å²) < 4.78 is 15.9. The van der Waals surface area contributed by atoms with E-state index >= 15 is 0 Å². The van der Waals surface area contributed by atoms with E-state index in [0.29, 0.717) is 6.61 Å². The van der Waals surface area contributed by atoms with Crippen LogP contribution >= 0.6 is 6.72 Å². The standard InChI is InChI=1S/C21H41O5PS/c1-2-3-4-5-6-7-8-9-10-11-12-13-14-15-16-17-21-24-18-20(26-21)19-25-27(22,23)28/h8-9,20-21H,2-7,10-19H2,1H3,(H2,22,23,28)/p-1/b9-8+. The predicted molar refractivity (Wildman–Crippen MR) is 117 cm³/mol. The van der Waals surface area contributed by atoms with E-state index in [2.05, 4.69) is 30.9 Å². The van der Waals surface area contributed by atoms with Gasteiger partial charge < -0.3 is 23.8 Å². The summed E-state index contributed by atoms with van der Waals surface area (Å²) in [6.07, 6.45) is 21.7. The van der Waals surface area contributed by atoms with Crippen LogP contribution in [0.25, 0.3) is 0 Å². The zero-order valence-corrected chi connectivity index (χ0v) is 19.3. The van der Waals surface area contributed by atoms with Crippen LogP contribution in [0.3, 0.4) is 0 Å². The molecular weight excluding hydrogens is 395 g/mol. The summed E-state index contributed by atoms with van der Waals surface area (Å²) in [6, 6.07) is 0. The number of hydrogen-bond donors (Lipinski definition) is 1. The van der Waals surface area contributed by atoms with Gasteiger partial charge in [0.2, 0.25) is 0 Å². The van der Waals surface area contributed by atoms with Crippen molar-refractivity contribution in [3.8, 4) is 0 Å². The molecule has 1 rings (SSSR count). The van der Waals surface area contributed by atoms with Crippen molar-refractivity contribution >= 4 is 18.5 Å². The Bertz CT molecular complexity index is 441. The number of allylic oxidation sites excluding steroid dienone is 2. The molecule has 0 saturated carbocycles. The van der Waals surface area contributed by atoms with Gasteiger partial charge in [-0.1, -0.05) is 82.2 Å². The smallest absolute Gasteiger partial charge is 0.158 e. The maximum absolute atomic E-state index is 10.9. The molecule has 1 heterocycles. The summed E-state index contributed by atoms with van der Waals surface area (Å²) in [5, 5.41) is 0. The molecular formula is C21H40O5PS-. The fourth-order valence-electron chi connectivity index (χ4n) is 3.31. The molecule has 0 radical (unpaired) electrons. The first kappa shape index (κ1) is 26.2. The second-order valence-corrected chi connectivity index (χ2v) is 10.2. The van der Waals surface area contributed by atoms with E-state index in [1.54, 1.807) is 0 Å². The lowest BCUT2D eigenvalue weighted by molar-refractivity contribution is -0.203. The van der Waals surface area contributed by atoms with E-state index in [4.69, 9.17) is 18.9 Å². The normalized spacial score (nSPS) is 22.1. The van der Waals surface area contributed by atoms with Crippen LogP contribution in [-0.4, -0.2) is 30.5 Å². The molecule has 0 spiro atoms. The third-order valence-corrected chi connectivity index (χ3v) is 5.73. The van der Waals surface area contributed by atoms with Crippen molar-refractivity contribution in [3.63, 3.8) is 0 Å². The van der Waals surface area contributed by atoms with Crippen LogP contribution in [0.2, 0.25) is 0 Å². The molecule has 0 aliphatic carbocycles. The van der Waals surface area contributed by atoms with Gasteiger partial charge in [-0.2, -0.15) is 0 Å². The highest BCUT2D eigenvalue weighted by molar-refractivity contribution is 8.06. The molecule has 1 N–H and O–H groups in total. The average Bonchev–Trinajstić information content (AvgIpc) is 3.10. The molecule has 28 heavy (non-hydrogen) atoms. The maximum Gasteiger partial charge on any atom is 0.158 e. The maximum atomic E-state index is 10.9. The van der Waals surface area contributed by atoms with Gasteiger partial charge in [0.05, 0.1) is 13.2 Å². The molecule has 0 aromatic carbocycles. The first-order valence-electron chi connectivity index (χ1n) is 11.1. The lowest BCUT2D eigenvalue weighted by Gasteiger charge is -2.21. The summed E-state index contributed by atoms with van der Waals surface area (Å²) in [5.74, 6) is 0. The molecule has 3 atom stereocenters. The quantitative estimate of drug-likeness (QED) is 0.178. The van der Waals surface area contributed by atoms with Crippen LogP contribution in [0.15, 0.2) is 12.2 Å². The van der Waals surface area contributed by atoms with Gasteiger partial charge >= 0.3 is 0 Å². The molecule has 3 unspecified atom stereocenters. The molecule has 1 fully saturated rings. The Morgan fingerprint density at radius 3 is 2.18 bits per heavy atom. The Kier molecular flexibility index (Phi) is 15.9. The highest BCUT2D eigenvalue weighted by Gasteiger charge is 2.26. The Morgan fingerprint density at radius 1 is 1.00 bits per heavy atom. The SMILES string of the molecule is CCCCCCC/C=C/CCCCCCCCC1OCC(COP([O-])(O)=S)O1. The van der Waals surface area contributed by atoms with Crippen molar-refractivity contribution in [1.29, 1.82) is 0 Å². The van der Waals surface area contributed by atoms with Gasteiger partial charge in [-0.25, -0.2) is 0 Å². The van der Waals surface area contributed by atoms with Crippen molar-refractivity contribution < 1.29 is 23.8 Å². The second kappa shape index (κ2) is 16.9. The number of ether oxygens (including phenoxy) is 2. The van der Waals surface area contributed by atoms with Crippen LogP contribution in [0.1, 0.15) is 96.8 Å². The zero-order chi connectivity index (χ0) is 20.5. The summed E-state index contributed by atoms with van der Waals surface area (Å²) in [5.41, 5.74) is 0. The molecule has 1 saturated heterocycles. The van der Waals surface area contributed by atoms with E-state index in [0.717, 1.165) is 12.8 Å². The van der Waals surface area contributed by atoms with Gasteiger partial charge in [0.15, 0.2) is 6.29 Å². The fraction of sp³-hybridized carbons (Fsp3) is 0.905. The number of rotatable bonds is 18. The molecule has 1 aliphatic heterocycles. The largest absolute Gasteiger partial charge is 0.780 e. The number of unbranched alkanes of at least 4 members (excludes halogenated alkanes) is 11. The van der Waals surface area contributed by atoms with Crippen molar-refractivity contribution in [2.45, 2.75) is 109 Å². The molecule has 0 aromatic heterocycles. The van der Waals surface area contributed by atoms with E-state index < -0.39 is 6.72 Å². The summed E-state index contributed by atoms with van der Waals surface area (Å²) >= 11 is 4.31. The van der Waals surface area contributed by atoms with Crippen LogP contribution in [0, 0.1) is 0 Å². The van der Waals surface area contributed by atoms with Crippen molar-refractivity contribution in [1.82, 2.24) is 0 Å². The van der Waals surface area contributed by atoms with Crippen LogP contribution in [0.4, 0.5) is 0 Å². The van der Waals surface area contributed by atoms with Gasteiger partial charge in [0.1, 0.15) is 12.8 Å². The van der Waals surface area contributed by atoms with E-state index in [9.17, 15) is 4.89 Å². The minimum Gasteiger partial charge on any atom is -0.780 e. The molecule has 1 aliphatic rings. The fourth-order valence-corrected chi connectivity index (χ4v) is 3.84. The Hall–Kier alpha value is 0.190. The van der Waals surface area contributed by atoms with Crippen molar-refractivity contribution in [2.75, 3.05) is 13.2 Å². The number of hydrogen-bond acceptors (Lipinski definition) is 5. The monoisotopic (exact) mass is 435 g/mol. The Morgan fingerprint density at radius 2 is 1.57 bits per heavy atom. The minimum atomic E-state index is -3.85. The van der Waals surface area contributed by atoms with E-state index in [1.807, 2.05) is 0 Å². The lowest BCUT2D eigenvalue weighted by atomic mass is 10.1. The zero-order valence-electron chi connectivity index (χ0n) is 17.6. The van der Waals surface area contributed by atoms with Crippen molar-refractivity contribution in [2.24, 2.45) is 0 Å².